The first-order chi connectivity index (χ1) is 9.33. The lowest BCUT2D eigenvalue weighted by molar-refractivity contribution is 0.197. The van der Waals surface area contributed by atoms with Gasteiger partial charge in [-0.25, -0.2) is 4.98 Å². The molecule has 4 heteroatoms. The molecule has 104 valence electrons. The molecule has 2 aromatic rings. The molecular formula is C15H22N2OS. The van der Waals surface area contributed by atoms with Crippen LogP contribution in [0.3, 0.4) is 0 Å². The zero-order chi connectivity index (χ0) is 13.5. The lowest BCUT2D eigenvalue weighted by atomic mass is 10.0. The van der Waals surface area contributed by atoms with Crippen LogP contribution in [0.1, 0.15) is 18.4 Å². The number of benzene rings is 1. The highest BCUT2D eigenvalue weighted by molar-refractivity contribution is 7.18. The van der Waals surface area contributed by atoms with E-state index in [-0.39, 0.29) is 0 Å². The van der Waals surface area contributed by atoms with Gasteiger partial charge in [-0.05, 0) is 24.6 Å². The summed E-state index contributed by atoms with van der Waals surface area (Å²) in [5.41, 5.74) is 1.13. The van der Waals surface area contributed by atoms with Crippen LogP contribution in [-0.4, -0.2) is 31.8 Å². The molecule has 0 spiro atoms. The number of methoxy groups -OCH3 is 1. The van der Waals surface area contributed by atoms with Crippen molar-refractivity contribution in [3.63, 3.8) is 0 Å². The molecule has 0 radical (unpaired) electrons. The minimum atomic E-state index is 0.650. The number of hydrogen-bond acceptors (Lipinski definition) is 4. The van der Waals surface area contributed by atoms with Crippen LogP contribution in [0.2, 0.25) is 0 Å². The van der Waals surface area contributed by atoms with E-state index in [1.54, 1.807) is 7.11 Å². The van der Waals surface area contributed by atoms with E-state index in [4.69, 9.17) is 9.72 Å². The zero-order valence-corrected chi connectivity index (χ0v) is 12.5. The first-order valence-electron chi connectivity index (χ1n) is 6.87. The van der Waals surface area contributed by atoms with E-state index in [9.17, 15) is 0 Å². The molecule has 2 rings (SSSR count). The first-order valence-corrected chi connectivity index (χ1v) is 7.69. The lowest BCUT2D eigenvalue weighted by Crippen LogP contribution is -2.26. The average molecular weight is 278 g/mol. The van der Waals surface area contributed by atoms with E-state index in [1.165, 1.54) is 16.1 Å². The number of hydrogen-bond donors (Lipinski definition) is 1. The van der Waals surface area contributed by atoms with Crippen molar-refractivity contribution in [2.24, 2.45) is 5.92 Å². The number of thiazole rings is 1. The average Bonchev–Trinajstić information content (AvgIpc) is 2.84. The Balaban J connectivity index is 1.90. The van der Waals surface area contributed by atoms with Gasteiger partial charge in [-0.3, -0.25) is 0 Å². The van der Waals surface area contributed by atoms with Crippen molar-refractivity contribution in [1.82, 2.24) is 10.3 Å². The lowest BCUT2D eigenvalue weighted by Gasteiger charge is -2.14. The minimum Gasteiger partial charge on any atom is -0.383 e. The fourth-order valence-corrected chi connectivity index (χ4v) is 3.18. The Bertz CT molecular complexity index is 465. The molecule has 0 aliphatic carbocycles. The van der Waals surface area contributed by atoms with Crippen molar-refractivity contribution < 1.29 is 4.74 Å². The van der Waals surface area contributed by atoms with Gasteiger partial charge in [0, 0.05) is 20.1 Å². The predicted octanol–water partition coefficient (Wildman–Crippen LogP) is 3.10. The molecule has 1 aromatic carbocycles. The molecule has 1 atom stereocenters. The summed E-state index contributed by atoms with van der Waals surface area (Å²) in [6.45, 7) is 4.98. The smallest absolute Gasteiger partial charge is 0.0941 e. The monoisotopic (exact) mass is 278 g/mol. The molecule has 0 amide bonds. The maximum absolute atomic E-state index is 5.04. The molecule has 0 aliphatic rings. The Kier molecular flexibility index (Phi) is 5.76. The van der Waals surface area contributed by atoms with Crippen LogP contribution in [0.5, 0.6) is 0 Å². The van der Waals surface area contributed by atoms with Crippen molar-refractivity contribution in [1.29, 1.82) is 0 Å². The predicted molar refractivity (Wildman–Crippen MR) is 81.9 cm³/mol. The Morgan fingerprint density at radius 2 is 2.21 bits per heavy atom. The van der Waals surface area contributed by atoms with Gasteiger partial charge < -0.3 is 10.1 Å². The number of nitrogens with zero attached hydrogens (tertiary/aromatic N) is 1. The van der Waals surface area contributed by atoms with Crippen molar-refractivity contribution in [2.45, 2.75) is 19.8 Å². The summed E-state index contributed by atoms with van der Waals surface area (Å²) >= 11 is 1.82. The number of aromatic nitrogens is 1. The fourth-order valence-electron chi connectivity index (χ4n) is 2.10. The van der Waals surface area contributed by atoms with Crippen molar-refractivity contribution in [2.75, 3.05) is 26.8 Å². The van der Waals surface area contributed by atoms with E-state index in [0.717, 1.165) is 31.6 Å². The van der Waals surface area contributed by atoms with E-state index in [1.807, 2.05) is 11.3 Å². The summed E-state index contributed by atoms with van der Waals surface area (Å²) < 4.78 is 6.33. The molecule has 19 heavy (non-hydrogen) atoms. The molecular weight excluding hydrogens is 256 g/mol. The number of ether oxygens (including phenoxy) is 1. The largest absolute Gasteiger partial charge is 0.383 e. The fraction of sp³-hybridized carbons (Fsp3) is 0.533. The summed E-state index contributed by atoms with van der Waals surface area (Å²) in [7, 11) is 1.74. The third-order valence-electron chi connectivity index (χ3n) is 3.29. The Morgan fingerprint density at radius 1 is 1.37 bits per heavy atom. The zero-order valence-electron chi connectivity index (χ0n) is 11.7. The molecule has 1 aromatic heterocycles. The standard InChI is InChI=1S/C15H22N2OS/c1-3-12(11-16-8-9-18-2)10-15-17-13-6-4-5-7-14(13)19-15/h4-7,12,16H,3,8-11H2,1-2H3. The summed E-state index contributed by atoms with van der Waals surface area (Å²) in [6, 6.07) is 8.37. The van der Waals surface area contributed by atoms with Crippen LogP contribution >= 0.6 is 11.3 Å². The van der Waals surface area contributed by atoms with E-state index in [2.05, 4.69) is 36.5 Å². The van der Waals surface area contributed by atoms with Gasteiger partial charge in [0.1, 0.15) is 0 Å². The van der Waals surface area contributed by atoms with Crippen LogP contribution in [0, 0.1) is 5.92 Å². The highest BCUT2D eigenvalue weighted by atomic mass is 32.1. The van der Waals surface area contributed by atoms with Crippen molar-refractivity contribution in [3.8, 4) is 0 Å². The van der Waals surface area contributed by atoms with E-state index >= 15 is 0 Å². The summed E-state index contributed by atoms with van der Waals surface area (Å²) in [4.78, 5) is 4.71. The Morgan fingerprint density at radius 3 is 2.95 bits per heavy atom. The van der Waals surface area contributed by atoms with Crippen molar-refractivity contribution >= 4 is 21.6 Å². The second-order valence-corrected chi connectivity index (χ2v) is 5.87. The van der Waals surface area contributed by atoms with Gasteiger partial charge in [0.25, 0.3) is 0 Å². The molecule has 1 N–H and O–H groups in total. The molecule has 0 bridgehead atoms. The number of para-hydroxylation sites is 1. The summed E-state index contributed by atoms with van der Waals surface area (Å²) in [6.07, 6.45) is 2.24. The topological polar surface area (TPSA) is 34.1 Å². The molecule has 1 heterocycles. The second-order valence-electron chi connectivity index (χ2n) is 4.75. The minimum absolute atomic E-state index is 0.650. The van der Waals surface area contributed by atoms with E-state index < -0.39 is 0 Å². The quantitative estimate of drug-likeness (QED) is 0.753. The SMILES string of the molecule is CCC(CNCCOC)Cc1nc2ccccc2s1. The third kappa shape index (κ3) is 4.27. The van der Waals surface area contributed by atoms with Crippen molar-refractivity contribution in [3.05, 3.63) is 29.3 Å². The van der Waals surface area contributed by atoms with Gasteiger partial charge in [0.2, 0.25) is 0 Å². The van der Waals surface area contributed by atoms with Gasteiger partial charge in [-0.2, -0.15) is 0 Å². The Labute approximate surface area is 119 Å². The molecule has 0 fully saturated rings. The van der Waals surface area contributed by atoms with Crippen LogP contribution in [0.25, 0.3) is 10.2 Å². The highest BCUT2D eigenvalue weighted by Crippen LogP contribution is 2.24. The van der Waals surface area contributed by atoms with Gasteiger partial charge in [0.05, 0.1) is 21.8 Å². The van der Waals surface area contributed by atoms with Crippen LogP contribution in [0.4, 0.5) is 0 Å². The van der Waals surface area contributed by atoms with Gasteiger partial charge in [-0.15, -0.1) is 11.3 Å². The number of nitrogens with one attached hydrogen (secondary N) is 1. The number of fused-ring (bicyclic) bond motifs is 1. The van der Waals surface area contributed by atoms with Crippen LogP contribution in [0.15, 0.2) is 24.3 Å². The van der Waals surface area contributed by atoms with E-state index in [0.29, 0.717) is 5.92 Å². The van der Waals surface area contributed by atoms with Crippen LogP contribution in [-0.2, 0) is 11.2 Å². The highest BCUT2D eigenvalue weighted by Gasteiger charge is 2.10. The molecule has 0 saturated carbocycles. The van der Waals surface area contributed by atoms with Gasteiger partial charge in [0.15, 0.2) is 0 Å². The van der Waals surface area contributed by atoms with Gasteiger partial charge in [-0.1, -0.05) is 25.5 Å². The van der Waals surface area contributed by atoms with Gasteiger partial charge >= 0.3 is 0 Å². The number of rotatable bonds is 8. The molecule has 1 unspecified atom stereocenters. The van der Waals surface area contributed by atoms with Crippen LogP contribution < -0.4 is 5.32 Å². The maximum atomic E-state index is 5.04. The second kappa shape index (κ2) is 7.58. The normalized spacial score (nSPS) is 12.9. The third-order valence-corrected chi connectivity index (χ3v) is 4.35. The molecule has 0 saturated heterocycles. The Hall–Kier alpha value is -0.970. The summed E-state index contributed by atoms with van der Waals surface area (Å²) in [5.74, 6) is 0.650. The summed E-state index contributed by atoms with van der Waals surface area (Å²) in [5, 5.41) is 4.69. The molecule has 0 aliphatic heterocycles. The molecule has 3 nitrogen and oxygen atoms in total. The first kappa shape index (κ1) is 14.4. The maximum Gasteiger partial charge on any atom is 0.0941 e.